The predicted octanol–water partition coefficient (Wildman–Crippen LogP) is 2.12. The number of oxazole rings is 1. The van der Waals surface area contributed by atoms with E-state index in [1.54, 1.807) is 12.5 Å². The van der Waals surface area contributed by atoms with Gasteiger partial charge in [-0.3, -0.25) is 0 Å². The lowest BCUT2D eigenvalue weighted by atomic mass is 10.2. The summed E-state index contributed by atoms with van der Waals surface area (Å²) in [6.07, 6.45) is 4.79. The minimum atomic E-state index is 0.176. The Kier molecular flexibility index (Phi) is 2.65. The lowest BCUT2D eigenvalue weighted by molar-refractivity contribution is 0.406. The molecule has 4 heteroatoms. The monoisotopic (exact) mass is 192 g/mol. The topological polar surface area (TPSA) is 51.2 Å². The number of aromatic nitrogens is 1. The van der Waals surface area contributed by atoms with E-state index in [-0.39, 0.29) is 6.04 Å². The second kappa shape index (κ2) is 4.11. The van der Waals surface area contributed by atoms with Crippen molar-refractivity contribution in [3.8, 4) is 0 Å². The van der Waals surface area contributed by atoms with Gasteiger partial charge in [-0.2, -0.15) is 0 Å². The Bertz CT molecular complexity index is 353. The molecule has 2 rings (SSSR count). The third-order valence-corrected chi connectivity index (χ3v) is 2.04. The second-order valence-corrected chi connectivity index (χ2v) is 3.09. The van der Waals surface area contributed by atoms with E-state index in [0.717, 1.165) is 11.5 Å². The van der Waals surface area contributed by atoms with Crippen molar-refractivity contribution in [3.05, 3.63) is 42.5 Å². The quantitative estimate of drug-likeness (QED) is 0.806. The highest BCUT2D eigenvalue weighted by Crippen LogP contribution is 2.12. The van der Waals surface area contributed by atoms with Crippen LogP contribution in [0.25, 0.3) is 0 Å². The molecule has 0 spiro atoms. The molecule has 0 aliphatic heterocycles. The highest BCUT2D eigenvalue weighted by Gasteiger charge is 2.07. The second-order valence-electron chi connectivity index (χ2n) is 3.09. The van der Waals surface area contributed by atoms with Gasteiger partial charge in [0.25, 0.3) is 0 Å². The fourth-order valence-electron chi connectivity index (χ4n) is 1.22. The van der Waals surface area contributed by atoms with Gasteiger partial charge in [0.2, 0.25) is 0 Å². The molecule has 1 atom stereocenters. The molecule has 0 saturated heterocycles. The summed E-state index contributed by atoms with van der Waals surface area (Å²) >= 11 is 0. The average molecular weight is 192 g/mol. The van der Waals surface area contributed by atoms with Crippen LogP contribution in [0.2, 0.25) is 0 Å². The standard InChI is InChI=1S/C10H12N2O2/c1-8(10-3-2-4-13-10)12-6-9-5-11-7-14-9/h2-5,7-8,12H,6H2,1H3/t8-/m1/s1. The molecule has 0 bridgehead atoms. The SMILES string of the molecule is C[C@@H](NCc1cnco1)c1ccco1. The summed E-state index contributed by atoms with van der Waals surface area (Å²) in [7, 11) is 0. The lowest BCUT2D eigenvalue weighted by Crippen LogP contribution is -2.17. The van der Waals surface area contributed by atoms with Crippen LogP contribution in [0, 0.1) is 0 Å². The first-order chi connectivity index (χ1) is 6.86. The van der Waals surface area contributed by atoms with Crippen molar-refractivity contribution in [2.45, 2.75) is 19.5 Å². The Morgan fingerprint density at radius 3 is 3.07 bits per heavy atom. The predicted molar refractivity (Wildman–Crippen MR) is 50.5 cm³/mol. The van der Waals surface area contributed by atoms with Crippen LogP contribution in [-0.4, -0.2) is 4.98 Å². The third-order valence-electron chi connectivity index (χ3n) is 2.04. The van der Waals surface area contributed by atoms with Gasteiger partial charge in [0.15, 0.2) is 6.39 Å². The fourth-order valence-corrected chi connectivity index (χ4v) is 1.22. The van der Waals surface area contributed by atoms with E-state index in [1.807, 2.05) is 19.1 Å². The van der Waals surface area contributed by atoms with Crippen molar-refractivity contribution in [2.24, 2.45) is 0 Å². The molecule has 0 aromatic carbocycles. The van der Waals surface area contributed by atoms with Gasteiger partial charge in [-0.05, 0) is 19.1 Å². The van der Waals surface area contributed by atoms with Crippen molar-refractivity contribution in [1.29, 1.82) is 0 Å². The maximum Gasteiger partial charge on any atom is 0.180 e. The van der Waals surface area contributed by atoms with Gasteiger partial charge in [0.05, 0.1) is 25.0 Å². The summed E-state index contributed by atoms with van der Waals surface area (Å²) in [6.45, 7) is 2.69. The molecule has 0 fully saturated rings. The zero-order valence-electron chi connectivity index (χ0n) is 7.93. The Morgan fingerprint density at radius 1 is 1.50 bits per heavy atom. The lowest BCUT2D eigenvalue weighted by Gasteiger charge is -2.08. The van der Waals surface area contributed by atoms with Gasteiger partial charge in [0.1, 0.15) is 11.5 Å². The Labute approximate surface area is 81.9 Å². The molecule has 0 aliphatic rings. The molecule has 0 radical (unpaired) electrons. The smallest absolute Gasteiger partial charge is 0.180 e. The van der Waals surface area contributed by atoms with Gasteiger partial charge in [-0.25, -0.2) is 4.98 Å². The van der Waals surface area contributed by atoms with Gasteiger partial charge >= 0.3 is 0 Å². The van der Waals surface area contributed by atoms with E-state index in [4.69, 9.17) is 8.83 Å². The Balaban J connectivity index is 1.87. The molecule has 0 amide bonds. The molecule has 4 nitrogen and oxygen atoms in total. The maximum atomic E-state index is 5.26. The summed E-state index contributed by atoms with van der Waals surface area (Å²) in [4.78, 5) is 3.83. The van der Waals surface area contributed by atoms with Crippen LogP contribution >= 0.6 is 0 Å². The Morgan fingerprint density at radius 2 is 2.43 bits per heavy atom. The largest absolute Gasteiger partial charge is 0.468 e. The van der Waals surface area contributed by atoms with Crippen LogP contribution in [0.1, 0.15) is 24.5 Å². The van der Waals surface area contributed by atoms with Crippen LogP contribution in [-0.2, 0) is 6.54 Å². The minimum Gasteiger partial charge on any atom is -0.468 e. The highest BCUT2D eigenvalue weighted by molar-refractivity contribution is 5.03. The van der Waals surface area contributed by atoms with E-state index in [0.29, 0.717) is 6.54 Å². The fraction of sp³-hybridized carbons (Fsp3) is 0.300. The third kappa shape index (κ3) is 2.03. The van der Waals surface area contributed by atoms with Gasteiger partial charge in [-0.1, -0.05) is 0 Å². The molecule has 14 heavy (non-hydrogen) atoms. The number of hydrogen-bond donors (Lipinski definition) is 1. The number of rotatable bonds is 4. The zero-order valence-corrected chi connectivity index (χ0v) is 7.93. The minimum absolute atomic E-state index is 0.176. The van der Waals surface area contributed by atoms with Crippen LogP contribution < -0.4 is 5.32 Å². The average Bonchev–Trinajstić information content (AvgIpc) is 2.87. The summed E-state index contributed by atoms with van der Waals surface area (Å²) in [6, 6.07) is 4.00. The number of nitrogens with zero attached hydrogens (tertiary/aromatic N) is 1. The molecule has 1 N–H and O–H groups in total. The molecule has 2 aromatic rings. The normalized spacial score (nSPS) is 12.9. The molecular formula is C10H12N2O2. The summed E-state index contributed by atoms with van der Waals surface area (Å²) in [5.41, 5.74) is 0. The molecule has 74 valence electrons. The Hall–Kier alpha value is -1.55. The molecule has 0 saturated carbocycles. The van der Waals surface area contributed by atoms with Crippen molar-refractivity contribution in [2.75, 3.05) is 0 Å². The maximum absolute atomic E-state index is 5.26. The van der Waals surface area contributed by atoms with E-state index in [1.165, 1.54) is 6.39 Å². The highest BCUT2D eigenvalue weighted by atomic mass is 16.3. The molecule has 0 unspecified atom stereocenters. The van der Waals surface area contributed by atoms with Crippen molar-refractivity contribution >= 4 is 0 Å². The number of furan rings is 1. The zero-order chi connectivity index (χ0) is 9.80. The number of nitrogens with one attached hydrogen (secondary N) is 1. The van der Waals surface area contributed by atoms with E-state index >= 15 is 0 Å². The van der Waals surface area contributed by atoms with Gasteiger partial charge < -0.3 is 14.2 Å². The van der Waals surface area contributed by atoms with E-state index in [2.05, 4.69) is 10.3 Å². The number of hydrogen-bond acceptors (Lipinski definition) is 4. The molecule has 2 heterocycles. The van der Waals surface area contributed by atoms with E-state index in [9.17, 15) is 0 Å². The van der Waals surface area contributed by atoms with Gasteiger partial charge in [-0.15, -0.1) is 0 Å². The van der Waals surface area contributed by atoms with Crippen LogP contribution in [0.4, 0.5) is 0 Å². The van der Waals surface area contributed by atoms with Crippen LogP contribution in [0.3, 0.4) is 0 Å². The van der Waals surface area contributed by atoms with Crippen LogP contribution in [0.5, 0.6) is 0 Å². The van der Waals surface area contributed by atoms with E-state index < -0.39 is 0 Å². The van der Waals surface area contributed by atoms with Gasteiger partial charge in [0, 0.05) is 0 Å². The molecule has 0 aliphatic carbocycles. The molecule has 2 aromatic heterocycles. The summed E-state index contributed by atoms with van der Waals surface area (Å²) in [5, 5.41) is 3.26. The first kappa shape index (κ1) is 9.02. The van der Waals surface area contributed by atoms with Crippen LogP contribution in [0.15, 0.2) is 39.8 Å². The summed E-state index contributed by atoms with van der Waals surface area (Å²) < 4.78 is 10.4. The van der Waals surface area contributed by atoms with Crippen molar-refractivity contribution in [1.82, 2.24) is 10.3 Å². The summed E-state index contributed by atoms with van der Waals surface area (Å²) in [5.74, 6) is 1.74. The van der Waals surface area contributed by atoms with Crippen molar-refractivity contribution < 1.29 is 8.83 Å². The molecular weight excluding hydrogens is 180 g/mol. The first-order valence-corrected chi connectivity index (χ1v) is 4.50. The first-order valence-electron chi connectivity index (χ1n) is 4.50. The van der Waals surface area contributed by atoms with Crippen molar-refractivity contribution in [3.63, 3.8) is 0 Å².